The number of carbonyl (C=O) groups is 4. The van der Waals surface area contributed by atoms with Crippen molar-refractivity contribution in [3.8, 4) is 0 Å². The van der Waals surface area contributed by atoms with E-state index in [1.807, 2.05) is 56.3 Å². The Morgan fingerprint density at radius 1 is 0.909 bits per heavy atom. The average molecular weight is 611 g/mol. The first-order valence-electron chi connectivity index (χ1n) is 15.8. The smallest absolute Gasteiger partial charge is 0.245 e. The minimum Gasteiger partial charge on any atom is -0.378 e. The van der Waals surface area contributed by atoms with E-state index in [4.69, 9.17) is 16.2 Å². The van der Waals surface area contributed by atoms with Crippen LogP contribution in [0.3, 0.4) is 0 Å². The summed E-state index contributed by atoms with van der Waals surface area (Å²) in [6.07, 6.45) is 9.49. The summed E-state index contributed by atoms with van der Waals surface area (Å²) in [5, 5.41) is 8.64. The fourth-order valence-electron chi connectivity index (χ4n) is 5.36. The van der Waals surface area contributed by atoms with E-state index in [1.165, 1.54) is 0 Å². The zero-order chi connectivity index (χ0) is 31.9. The molecular formula is C33H50N6O5. The summed E-state index contributed by atoms with van der Waals surface area (Å²) in [4.78, 5) is 55.6. The van der Waals surface area contributed by atoms with Gasteiger partial charge < -0.3 is 37.1 Å². The topological polar surface area (TPSA) is 169 Å². The van der Waals surface area contributed by atoms with Gasteiger partial charge in [-0.3, -0.25) is 19.2 Å². The first-order valence-corrected chi connectivity index (χ1v) is 15.8. The summed E-state index contributed by atoms with van der Waals surface area (Å²) in [5.74, 6) is -1.47. The van der Waals surface area contributed by atoms with Crippen LogP contribution < -0.4 is 27.4 Å². The zero-order valence-electron chi connectivity index (χ0n) is 26.1. The molecule has 0 saturated carbocycles. The van der Waals surface area contributed by atoms with E-state index in [1.54, 1.807) is 4.90 Å². The lowest BCUT2D eigenvalue weighted by Crippen LogP contribution is -2.58. The van der Waals surface area contributed by atoms with Crippen molar-refractivity contribution < 1.29 is 23.9 Å². The fraction of sp³-hybridized carbons (Fsp3) is 0.576. The summed E-state index contributed by atoms with van der Waals surface area (Å²) in [5.41, 5.74) is 13.9. The molecule has 4 atom stereocenters. The molecule has 242 valence electrons. The molecule has 3 rings (SSSR count). The summed E-state index contributed by atoms with van der Waals surface area (Å²) in [6.45, 7) is 6.11. The van der Waals surface area contributed by atoms with Crippen molar-refractivity contribution in [1.82, 2.24) is 20.9 Å². The maximum atomic E-state index is 13.8. The van der Waals surface area contributed by atoms with Gasteiger partial charge in [0.2, 0.25) is 23.6 Å². The molecule has 0 spiro atoms. The van der Waals surface area contributed by atoms with Gasteiger partial charge in [0, 0.05) is 13.1 Å². The lowest BCUT2D eigenvalue weighted by molar-refractivity contribution is -0.141. The van der Waals surface area contributed by atoms with Crippen molar-refractivity contribution in [2.45, 2.75) is 83.0 Å². The van der Waals surface area contributed by atoms with Gasteiger partial charge in [-0.05, 0) is 63.0 Å². The van der Waals surface area contributed by atoms with Crippen LogP contribution in [0.1, 0.15) is 57.9 Å². The van der Waals surface area contributed by atoms with Gasteiger partial charge in [0.05, 0.1) is 19.3 Å². The third-order valence-electron chi connectivity index (χ3n) is 7.81. The number of allylic oxidation sites excluding steroid dienone is 3. The van der Waals surface area contributed by atoms with Crippen LogP contribution in [0, 0.1) is 5.92 Å². The summed E-state index contributed by atoms with van der Waals surface area (Å²) >= 11 is 0. The van der Waals surface area contributed by atoms with Crippen LogP contribution in [0.25, 0.3) is 0 Å². The van der Waals surface area contributed by atoms with Gasteiger partial charge in [-0.2, -0.15) is 0 Å². The molecule has 1 aromatic carbocycles. The number of morpholine rings is 1. The quantitative estimate of drug-likeness (QED) is 0.188. The highest BCUT2D eigenvalue weighted by Gasteiger charge is 2.32. The van der Waals surface area contributed by atoms with Gasteiger partial charge in [0.25, 0.3) is 0 Å². The number of nitrogens with two attached hydrogens (primary N) is 2. The average Bonchev–Trinajstić information content (AvgIpc) is 3.03. The van der Waals surface area contributed by atoms with E-state index in [2.05, 4.69) is 22.0 Å². The largest absolute Gasteiger partial charge is 0.378 e. The molecule has 7 N–H and O–H groups in total. The number of hydrogen-bond donors (Lipinski definition) is 5. The Bertz CT molecular complexity index is 1150. The molecule has 1 aliphatic carbocycles. The molecule has 1 aliphatic heterocycles. The van der Waals surface area contributed by atoms with E-state index >= 15 is 0 Å². The Labute approximate surface area is 261 Å². The van der Waals surface area contributed by atoms with E-state index in [9.17, 15) is 19.2 Å². The molecule has 4 amide bonds. The molecular weight excluding hydrogens is 560 g/mol. The van der Waals surface area contributed by atoms with Crippen molar-refractivity contribution in [3.63, 3.8) is 0 Å². The van der Waals surface area contributed by atoms with Gasteiger partial charge in [-0.25, -0.2) is 0 Å². The molecule has 1 fully saturated rings. The molecule has 0 bridgehead atoms. The van der Waals surface area contributed by atoms with Crippen LogP contribution in [0.15, 0.2) is 54.1 Å². The van der Waals surface area contributed by atoms with Crippen LogP contribution in [-0.2, 0) is 30.3 Å². The van der Waals surface area contributed by atoms with Crippen LogP contribution in [0.2, 0.25) is 0 Å². The molecule has 1 aromatic rings. The van der Waals surface area contributed by atoms with Gasteiger partial charge in [-0.1, -0.05) is 68.0 Å². The highest BCUT2D eigenvalue weighted by atomic mass is 16.5. The van der Waals surface area contributed by atoms with Crippen LogP contribution >= 0.6 is 0 Å². The molecule has 0 radical (unpaired) electrons. The van der Waals surface area contributed by atoms with E-state index in [0.717, 1.165) is 24.0 Å². The Kier molecular flexibility index (Phi) is 14.5. The number of rotatable bonds is 16. The van der Waals surface area contributed by atoms with Gasteiger partial charge in [0.15, 0.2) is 0 Å². The number of hydrogen-bond acceptors (Lipinski definition) is 7. The molecule has 0 unspecified atom stereocenters. The van der Waals surface area contributed by atoms with E-state index in [0.29, 0.717) is 65.0 Å². The maximum absolute atomic E-state index is 13.8. The Balaban J connectivity index is 1.74. The zero-order valence-corrected chi connectivity index (χ0v) is 26.1. The molecule has 11 heteroatoms. The second-order valence-corrected chi connectivity index (χ2v) is 12.0. The van der Waals surface area contributed by atoms with Crippen molar-refractivity contribution in [3.05, 3.63) is 59.7 Å². The Hall–Kier alpha value is -3.54. The predicted molar refractivity (Wildman–Crippen MR) is 170 cm³/mol. The van der Waals surface area contributed by atoms with Crippen LogP contribution in [-0.4, -0.2) is 85.5 Å². The monoisotopic (exact) mass is 610 g/mol. The van der Waals surface area contributed by atoms with Gasteiger partial charge in [0.1, 0.15) is 18.1 Å². The summed E-state index contributed by atoms with van der Waals surface area (Å²) in [6, 6.07) is 6.02. The molecule has 0 aromatic heterocycles. The first-order chi connectivity index (χ1) is 21.2. The third-order valence-corrected chi connectivity index (χ3v) is 7.81. The van der Waals surface area contributed by atoms with E-state index in [-0.39, 0.29) is 11.8 Å². The maximum Gasteiger partial charge on any atom is 0.245 e. The van der Waals surface area contributed by atoms with Crippen molar-refractivity contribution in [2.75, 3.05) is 32.8 Å². The third kappa shape index (κ3) is 11.5. The Morgan fingerprint density at radius 2 is 1.57 bits per heavy atom. The normalized spacial score (nSPS) is 17.7. The van der Waals surface area contributed by atoms with Crippen molar-refractivity contribution in [1.29, 1.82) is 0 Å². The van der Waals surface area contributed by atoms with Crippen LogP contribution in [0.4, 0.5) is 0 Å². The van der Waals surface area contributed by atoms with Crippen molar-refractivity contribution >= 4 is 23.6 Å². The highest BCUT2D eigenvalue weighted by Crippen LogP contribution is 2.18. The SMILES string of the molecule is CC(C)C[C@@H](NC(=O)[C@@H](CC1=CC=CCC1)NC(=O)[C@H](N)Cc1ccccc1)C(=O)N[C@H](CCCN)C(=O)N1CCOCC1. The number of nitrogens with one attached hydrogen (secondary N) is 3. The molecule has 2 aliphatic rings. The number of amides is 4. The lowest BCUT2D eigenvalue weighted by Gasteiger charge is -2.32. The fourth-order valence-corrected chi connectivity index (χ4v) is 5.36. The number of nitrogens with zero attached hydrogens (tertiary/aromatic N) is 1. The lowest BCUT2D eigenvalue weighted by atomic mass is 9.96. The molecule has 11 nitrogen and oxygen atoms in total. The second kappa shape index (κ2) is 18.3. The first kappa shape index (κ1) is 34.9. The summed E-state index contributed by atoms with van der Waals surface area (Å²) < 4.78 is 5.37. The number of benzene rings is 1. The number of carbonyl (C=O) groups excluding carboxylic acids is 4. The highest BCUT2D eigenvalue weighted by molar-refractivity contribution is 5.95. The minimum atomic E-state index is -0.924. The molecule has 44 heavy (non-hydrogen) atoms. The Morgan fingerprint density at radius 3 is 2.20 bits per heavy atom. The molecule has 1 saturated heterocycles. The standard InChI is InChI=1S/C33H50N6O5/c1-23(2)20-28(31(41)36-27(14-9-15-34)33(43)39-16-18-44-19-17-39)38-32(42)29(22-25-12-7-4-8-13-25)37-30(40)26(35)21-24-10-5-3-6-11-24/h3-7,10-12,23,26-29H,8-9,13-22,34-35H2,1-2H3,(H,36,41)(H,37,40)(H,38,42)/t26-,27-,28-,29-/m1/s1. The van der Waals surface area contributed by atoms with Gasteiger partial charge >= 0.3 is 0 Å². The minimum absolute atomic E-state index is 0.0713. The van der Waals surface area contributed by atoms with Crippen molar-refractivity contribution in [2.24, 2.45) is 17.4 Å². The van der Waals surface area contributed by atoms with E-state index < -0.39 is 41.9 Å². The second-order valence-electron chi connectivity index (χ2n) is 12.0. The summed E-state index contributed by atoms with van der Waals surface area (Å²) in [7, 11) is 0. The van der Waals surface area contributed by atoms with Crippen LogP contribution in [0.5, 0.6) is 0 Å². The predicted octanol–water partition coefficient (Wildman–Crippen LogP) is 1.32. The number of ether oxygens (including phenoxy) is 1. The molecule has 1 heterocycles. The van der Waals surface area contributed by atoms with Gasteiger partial charge in [-0.15, -0.1) is 0 Å².